The second kappa shape index (κ2) is 9.07. The van der Waals surface area contributed by atoms with E-state index in [0.29, 0.717) is 5.41 Å². The summed E-state index contributed by atoms with van der Waals surface area (Å²) in [5, 5.41) is 0. The first-order chi connectivity index (χ1) is 7.64. The highest BCUT2D eigenvalue weighted by atomic mass is 14.3. The molecule has 0 N–H and O–H groups in total. The Morgan fingerprint density at radius 1 is 0.812 bits per heavy atom. The smallest absolute Gasteiger partial charge is 0.0305 e. The lowest BCUT2D eigenvalue weighted by atomic mass is 9.75. The van der Waals surface area contributed by atoms with E-state index in [2.05, 4.69) is 34.6 Å². The Labute approximate surface area is 104 Å². The van der Waals surface area contributed by atoms with Gasteiger partial charge in [0.15, 0.2) is 0 Å². The van der Waals surface area contributed by atoms with Gasteiger partial charge in [0.1, 0.15) is 0 Å². The molecular weight excluding hydrogens is 192 g/mol. The van der Waals surface area contributed by atoms with Gasteiger partial charge in [0, 0.05) is 0 Å². The van der Waals surface area contributed by atoms with Crippen molar-refractivity contribution in [2.24, 2.45) is 11.3 Å². The van der Waals surface area contributed by atoms with Crippen molar-refractivity contribution in [1.82, 2.24) is 0 Å². The van der Waals surface area contributed by atoms with Gasteiger partial charge in [0.05, 0.1) is 0 Å². The Morgan fingerprint density at radius 2 is 1.38 bits per heavy atom. The number of hydrogen-bond donors (Lipinski definition) is 0. The Morgan fingerprint density at radius 3 is 1.81 bits per heavy atom. The van der Waals surface area contributed by atoms with Crippen LogP contribution >= 0.6 is 0 Å². The molecule has 0 fully saturated rings. The third-order valence-electron chi connectivity index (χ3n) is 4.85. The highest BCUT2D eigenvalue weighted by Crippen LogP contribution is 2.36. The molecule has 0 heterocycles. The van der Waals surface area contributed by atoms with Crippen molar-refractivity contribution in [1.29, 1.82) is 0 Å². The van der Waals surface area contributed by atoms with Gasteiger partial charge in [-0.3, -0.25) is 0 Å². The van der Waals surface area contributed by atoms with Gasteiger partial charge in [-0.25, -0.2) is 0 Å². The molecule has 98 valence electrons. The molecule has 0 aliphatic rings. The lowest BCUT2D eigenvalue weighted by Gasteiger charge is -2.30. The van der Waals surface area contributed by atoms with E-state index in [4.69, 9.17) is 0 Å². The van der Waals surface area contributed by atoms with Crippen molar-refractivity contribution in [3.8, 4) is 0 Å². The molecule has 1 unspecified atom stereocenters. The summed E-state index contributed by atoms with van der Waals surface area (Å²) < 4.78 is 0. The normalized spacial score (nSPS) is 14.1. The first-order valence-corrected chi connectivity index (χ1v) is 7.64. The zero-order chi connectivity index (χ0) is 12.4. The molecule has 0 spiro atoms. The topological polar surface area (TPSA) is 0 Å². The van der Waals surface area contributed by atoms with Crippen molar-refractivity contribution < 1.29 is 0 Å². The predicted molar refractivity (Wildman–Crippen MR) is 75.8 cm³/mol. The third-order valence-corrected chi connectivity index (χ3v) is 4.85. The molecule has 0 aromatic heterocycles. The van der Waals surface area contributed by atoms with Crippen LogP contribution in [0.4, 0.5) is 0 Å². The molecule has 0 aliphatic heterocycles. The quantitative estimate of drug-likeness (QED) is 0.389. The highest BCUT2D eigenvalue weighted by molar-refractivity contribution is 4.74. The molecule has 0 radical (unpaired) electrons. The van der Waals surface area contributed by atoms with Gasteiger partial charge < -0.3 is 0 Å². The fourth-order valence-electron chi connectivity index (χ4n) is 2.65. The molecule has 0 nitrogen and oxygen atoms in total. The summed E-state index contributed by atoms with van der Waals surface area (Å²) in [5.41, 5.74) is 0.663. The maximum Gasteiger partial charge on any atom is -0.0305 e. The van der Waals surface area contributed by atoms with E-state index in [9.17, 15) is 0 Å². The van der Waals surface area contributed by atoms with Crippen LogP contribution in [0.1, 0.15) is 92.4 Å². The van der Waals surface area contributed by atoms with Crippen molar-refractivity contribution in [3.05, 3.63) is 0 Å². The van der Waals surface area contributed by atoms with Crippen molar-refractivity contribution in [2.45, 2.75) is 92.4 Å². The van der Waals surface area contributed by atoms with Crippen LogP contribution in [-0.2, 0) is 0 Å². The average molecular weight is 226 g/mol. The molecule has 0 bridgehead atoms. The Balaban J connectivity index is 3.63. The van der Waals surface area contributed by atoms with Crippen LogP contribution in [0.3, 0.4) is 0 Å². The second-order valence-corrected chi connectivity index (χ2v) is 5.67. The largest absolute Gasteiger partial charge is 0.0651 e. The van der Waals surface area contributed by atoms with Gasteiger partial charge in [-0.15, -0.1) is 0 Å². The molecular formula is C16H34. The van der Waals surface area contributed by atoms with Crippen LogP contribution in [-0.4, -0.2) is 0 Å². The minimum absolute atomic E-state index is 0.663. The Kier molecular flexibility index (Phi) is 9.07. The fraction of sp³-hybridized carbons (Fsp3) is 1.00. The van der Waals surface area contributed by atoms with E-state index in [1.54, 1.807) is 0 Å². The van der Waals surface area contributed by atoms with Gasteiger partial charge in [0.25, 0.3) is 0 Å². The van der Waals surface area contributed by atoms with Crippen molar-refractivity contribution in [2.75, 3.05) is 0 Å². The summed E-state index contributed by atoms with van der Waals surface area (Å²) in [6.45, 7) is 11.8. The summed E-state index contributed by atoms with van der Waals surface area (Å²) in [4.78, 5) is 0. The molecule has 0 aliphatic carbocycles. The van der Waals surface area contributed by atoms with Crippen LogP contribution in [0.15, 0.2) is 0 Å². The van der Waals surface area contributed by atoms with Crippen molar-refractivity contribution in [3.63, 3.8) is 0 Å². The fourth-order valence-corrected chi connectivity index (χ4v) is 2.65. The minimum Gasteiger partial charge on any atom is -0.0651 e. The van der Waals surface area contributed by atoms with Gasteiger partial charge in [-0.1, -0.05) is 86.0 Å². The van der Waals surface area contributed by atoms with E-state index in [1.165, 1.54) is 57.8 Å². The number of rotatable bonds is 10. The van der Waals surface area contributed by atoms with Gasteiger partial charge >= 0.3 is 0 Å². The Hall–Kier alpha value is 0. The molecule has 0 saturated heterocycles. The number of unbranched alkanes of at least 4 members (excludes halogenated alkanes) is 2. The third kappa shape index (κ3) is 5.92. The van der Waals surface area contributed by atoms with Gasteiger partial charge in [-0.05, 0) is 17.8 Å². The molecule has 1 atom stereocenters. The van der Waals surface area contributed by atoms with Crippen LogP contribution in [0.2, 0.25) is 0 Å². The molecule has 0 heteroatoms. The summed E-state index contributed by atoms with van der Waals surface area (Å²) in [7, 11) is 0. The number of hydrogen-bond acceptors (Lipinski definition) is 0. The summed E-state index contributed by atoms with van der Waals surface area (Å²) in [6, 6.07) is 0. The summed E-state index contributed by atoms with van der Waals surface area (Å²) in [6.07, 6.45) is 12.7. The minimum atomic E-state index is 0.663. The average Bonchev–Trinajstić information content (AvgIpc) is 2.34. The zero-order valence-corrected chi connectivity index (χ0v) is 12.4. The first kappa shape index (κ1) is 16.0. The summed E-state index contributed by atoms with van der Waals surface area (Å²) >= 11 is 0. The predicted octanol–water partition coefficient (Wildman–Crippen LogP) is 6.20. The molecule has 0 saturated carbocycles. The second-order valence-electron chi connectivity index (χ2n) is 5.67. The standard InChI is InChI=1S/C16H34/c1-6-15(5)13-11-10-12-14-16(7-2,8-3)9-4/h15H,6-14H2,1-5H3. The van der Waals surface area contributed by atoms with Crippen LogP contribution in [0.5, 0.6) is 0 Å². The monoisotopic (exact) mass is 226 g/mol. The van der Waals surface area contributed by atoms with Gasteiger partial charge in [-0.2, -0.15) is 0 Å². The van der Waals surface area contributed by atoms with Crippen LogP contribution in [0.25, 0.3) is 0 Å². The van der Waals surface area contributed by atoms with Crippen LogP contribution in [0, 0.1) is 11.3 Å². The molecule has 16 heavy (non-hydrogen) atoms. The van der Waals surface area contributed by atoms with Gasteiger partial charge in [0.2, 0.25) is 0 Å². The van der Waals surface area contributed by atoms with E-state index >= 15 is 0 Å². The molecule has 0 aromatic carbocycles. The molecule has 0 amide bonds. The lowest BCUT2D eigenvalue weighted by Crippen LogP contribution is -2.17. The SMILES string of the molecule is CCC(C)CCCCCC(CC)(CC)CC. The van der Waals surface area contributed by atoms with E-state index in [-0.39, 0.29) is 0 Å². The maximum atomic E-state index is 2.38. The summed E-state index contributed by atoms with van der Waals surface area (Å²) in [5.74, 6) is 0.938. The highest BCUT2D eigenvalue weighted by Gasteiger charge is 2.22. The van der Waals surface area contributed by atoms with E-state index in [0.717, 1.165) is 5.92 Å². The zero-order valence-electron chi connectivity index (χ0n) is 12.4. The van der Waals surface area contributed by atoms with Crippen molar-refractivity contribution >= 4 is 0 Å². The molecule has 0 aromatic rings. The van der Waals surface area contributed by atoms with Crippen LogP contribution < -0.4 is 0 Å². The first-order valence-electron chi connectivity index (χ1n) is 7.64. The lowest BCUT2D eigenvalue weighted by molar-refractivity contribution is 0.219. The maximum absolute atomic E-state index is 2.38. The van der Waals surface area contributed by atoms with E-state index in [1.807, 2.05) is 0 Å². The molecule has 0 rings (SSSR count). The Bertz CT molecular complexity index is 136. The van der Waals surface area contributed by atoms with E-state index < -0.39 is 0 Å².